The van der Waals surface area contributed by atoms with E-state index in [9.17, 15) is 4.79 Å². The Kier molecular flexibility index (Phi) is 3.56. The Morgan fingerprint density at radius 2 is 2.25 bits per heavy atom. The average Bonchev–Trinajstić information content (AvgIpc) is 2.96. The quantitative estimate of drug-likeness (QED) is 0.899. The highest BCUT2D eigenvalue weighted by atomic mass is 16.1. The number of anilines is 1. The van der Waals surface area contributed by atoms with Crippen molar-refractivity contribution in [2.24, 2.45) is 0 Å². The highest BCUT2D eigenvalue weighted by Gasteiger charge is 2.16. The molecular weight excluding hydrogens is 250 g/mol. The van der Waals surface area contributed by atoms with E-state index >= 15 is 0 Å². The lowest BCUT2D eigenvalue weighted by Gasteiger charge is -2.20. The standard InChI is InChI=1S/C16H19N3O/c1-2-19-10-4-7-15(19)16(20)18-14-6-3-5-12-11-17-9-8-13(12)14/h3-7,10,17H,2,8-9,11H2,1H3,(H,18,20). The molecule has 0 unspecified atom stereocenters. The van der Waals surface area contributed by atoms with Crippen LogP contribution in [0.5, 0.6) is 0 Å². The number of benzene rings is 1. The van der Waals surface area contributed by atoms with E-state index in [1.54, 1.807) is 0 Å². The number of rotatable bonds is 3. The fourth-order valence-corrected chi connectivity index (χ4v) is 2.73. The maximum atomic E-state index is 12.4. The van der Waals surface area contributed by atoms with Crippen molar-refractivity contribution in [1.82, 2.24) is 9.88 Å². The molecule has 0 bridgehead atoms. The van der Waals surface area contributed by atoms with Crippen LogP contribution in [-0.2, 0) is 19.5 Å². The van der Waals surface area contributed by atoms with Gasteiger partial charge in [0, 0.05) is 25.0 Å². The predicted octanol–water partition coefficient (Wildman–Crippen LogP) is 2.41. The molecule has 2 N–H and O–H groups in total. The number of nitrogens with zero attached hydrogens (tertiary/aromatic N) is 1. The molecule has 2 heterocycles. The smallest absolute Gasteiger partial charge is 0.272 e. The molecule has 20 heavy (non-hydrogen) atoms. The van der Waals surface area contributed by atoms with Crippen LogP contribution in [-0.4, -0.2) is 17.0 Å². The van der Waals surface area contributed by atoms with Crippen molar-refractivity contribution in [1.29, 1.82) is 0 Å². The number of aromatic nitrogens is 1. The van der Waals surface area contributed by atoms with Gasteiger partial charge in [0.25, 0.3) is 5.91 Å². The third-order valence-electron chi connectivity index (χ3n) is 3.79. The van der Waals surface area contributed by atoms with Crippen LogP contribution in [0.3, 0.4) is 0 Å². The number of carbonyl (C=O) groups excluding carboxylic acids is 1. The molecule has 1 amide bonds. The first-order valence-electron chi connectivity index (χ1n) is 7.07. The van der Waals surface area contributed by atoms with Gasteiger partial charge in [0.05, 0.1) is 0 Å². The van der Waals surface area contributed by atoms with Crippen LogP contribution in [0.4, 0.5) is 5.69 Å². The molecule has 0 radical (unpaired) electrons. The minimum absolute atomic E-state index is 0.0382. The van der Waals surface area contributed by atoms with Crippen molar-refractivity contribution in [2.45, 2.75) is 26.4 Å². The molecule has 0 saturated heterocycles. The molecule has 1 aliphatic heterocycles. The molecule has 0 spiro atoms. The Bertz CT molecular complexity index is 630. The lowest BCUT2D eigenvalue weighted by atomic mass is 9.99. The lowest BCUT2D eigenvalue weighted by Crippen LogP contribution is -2.25. The summed E-state index contributed by atoms with van der Waals surface area (Å²) in [7, 11) is 0. The third-order valence-corrected chi connectivity index (χ3v) is 3.79. The molecule has 0 atom stereocenters. The Morgan fingerprint density at radius 3 is 3.10 bits per heavy atom. The summed E-state index contributed by atoms with van der Waals surface area (Å²) in [6.07, 6.45) is 2.89. The molecule has 0 aliphatic carbocycles. The third kappa shape index (κ3) is 2.34. The lowest BCUT2D eigenvalue weighted by molar-refractivity contribution is 0.101. The number of carbonyl (C=O) groups is 1. The minimum Gasteiger partial charge on any atom is -0.344 e. The van der Waals surface area contributed by atoms with Crippen molar-refractivity contribution in [3.8, 4) is 0 Å². The van der Waals surface area contributed by atoms with Gasteiger partial charge >= 0.3 is 0 Å². The number of fused-ring (bicyclic) bond motifs is 1. The maximum absolute atomic E-state index is 12.4. The second-order valence-corrected chi connectivity index (χ2v) is 5.00. The fourth-order valence-electron chi connectivity index (χ4n) is 2.73. The molecule has 2 aromatic rings. The zero-order valence-electron chi connectivity index (χ0n) is 11.6. The molecule has 1 aliphatic rings. The van der Waals surface area contributed by atoms with Crippen LogP contribution in [0, 0.1) is 0 Å². The summed E-state index contributed by atoms with van der Waals surface area (Å²) in [5.74, 6) is -0.0382. The van der Waals surface area contributed by atoms with Gasteiger partial charge in [-0.2, -0.15) is 0 Å². The summed E-state index contributed by atoms with van der Waals surface area (Å²) in [4.78, 5) is 12.4. The Morgan fingerprint density at radius 1 is 1.35 bits per heavy atom. The fraction of sp³-hybridized carbons (Fsp3) is 0.312. The SMILES string of the molecule is CCn1cccc1C(=O)Nc1cccc2c1CCNC2. The van der Waals surface area contributed by atoms with Crippen molar-refractivity contribution >= 4 is 11.6 Å². The van der Waals surface area contributed by atoms with E-state index in [0.717, 1.165) is 31.7 Å². The van der Waals surface area contributed by atoms with Gasteiger partial charge in [-0.3, -0.25) is 4.79 Å². The van der Waals surface area contributed by atoms with Gasteiger partial charge in [0.2, 0.25) is 0 Å². The number of aryl methyl sites for hydroxylation is 1. The van der Waals surface area contributed by atoms with Crippen LogP contribution in [0.1, 0.15) is 28.5 Å². The van der Waals surface area contributed by atoms with Crippen LogP contribution < -0.4 is 10.6 Å². The molecule has 0 saturated carbocycles. The van der Waals surface area contributed by atoms with Gasteiger partial charge in [0.15, 0.2) is 0 Å². The van der Waals surface area contributed by atoms with Gasteiger partial charge in [-0.15, -0.1) is 0 Å². The van der Waals surface area contributed by atoms with E-state index < -0.39 is 0 Å². The summed E-state index contributed by atoms with van der Waals surface area (Å²) >= 11 is 0. The number of hydrogen-bond acceptors (Lipinski definition) is 2. The van der Waals surface area contributed by atoms with Crippen LogP contribution in [0.15, 0.2) is 36.5 Å². The van der Waals surface area contributed by atoms with E-state index in [1.165, 1.54) is 11.1 Å². The first-order valence-corrected chi connectivity index (χ1v) is 7.07. The molecule has 1 aromatic carbocycles. The molecule has 1 aromatic heterocycles. The molecule has 104 valence electrons. The van der Waals surface area contributed by atoms with E-state index in [4.69, 9.17) is 0 Å². The normalized spacial score (nSPS) is 13.8. The topological polar surface area (TPSA) is 46.1 Å². The van der Waals surface area contributed by atoms with Crippen molar-refractivity contribution in [2.75, 3.05) is 11.9 Å². The number of amides is 1. The van der Waals surface area contributed by atoms with Crippen LogP contribution in [0.25, 0.3) is 0 Å². The van der Waals surface area contributed by atoms with Gasteiger partial charge in [-0.05, 0) is 49.2 Å². The van der Waals surface area contributed by atoms with E-state index in [-0.39, 0.29) is 5.91 Å². The summed E-state index contributed by atoms with van der Waals surface area (Å²) in [6.45, 7) is 4.68. The second-order valence-electron chi connectivity index (χ2n) is 5.00. The van der Waals surface area contributed by atoms with Gasteiger partial charge in [-0.25, -0.2) is 0 Å². The Balaban J connectivity index is 1.86. The molecule has 4 nitrogen and oxygen atoms in total. The van der Waals surface area contributed by atoms with E-state index in [0.29, 0.717) is 5.69 Å². The number of nitrogens with one attached hydrogen (secondary N) is 2. The highest BCUT2D eigenvalue weighted by Crippen LogP contribution is 2.23. The van der Waals surface area contributed by atoms with Gasteiger partial charge < -0.3 is 15.2 Å². The average molecular weight is 269 g/mol. The van der Waals surface area contributed by atoms with Gasteiger partial charge in [0.1, 0.15) is 5.69 Å². The van der Waals surface area contributed by atoms with Crippen LogP contribution >= 0.6 is 0 Å². The summed E-state index contributed by atoms with van der Waals surface area (Å²) in [5.41, 5.74) is 4.19. The second kappa shape index (κ2) is 5.51. The zero-order valence-corrected chi connectivity index (χ0v) is 11.6. The first kappa shape index (κ1) is 12.9. The number of hydrogen-bond donors (Lipinski definition) is 2. The summed E-state index contributed by atoms with van der Waals surface area (Å²) in [6, 6.07) is 9.87. The van der Waals surface area contributed by atoms with E-state index in [2.05, 4.69) is 16.7 Å². The molecule has 0 fully saturated rings. The zero-order chi connectivity index (χ0) is 13.9. The maximum Gasteiger partial charge on any atom is 0.272 e. The Labute approximate surface area is 118 Å². The highest BCUT2D eigenvalue weighted by molar-refractivity contribution is 6.03. The first-order chi connectivity index (χ1) is 9.79. The van der Waals surface area contributed by atoms with Crippen LogP contribution in [0.2, 0.25) is 0 Å². The minimum atomic E-state index is -0.0382. The largest absolute Gasteiger partial charge is 0.344 e. The molecular formula is C16H19N3O. The van der Waals surface area contributed by atoms with E-state index in [1.807, 2.05) is 42.0 Å². The molecule has 3 rings (SSSR count). The predicted molar refractivity (Wildman–Crippen MR) is 79.9 cm³/mol. The van der Waals surface area contributed by atoms with Crippen molar-refractivity contribution in [3.63, 3.8) is 0 Å². The van der Waals surface area contributed by atoms with Gasteiger partial charge in [-0.1, -0.05) is 12.1 Å². The monoisotopic (exact) mass is 269 g/mol. The summed E-state index contributed by atoms with van der Waals surface area (Å²) < 4.78 is 1.95. The summed E-state index contributed by atoms with van der Waals surface area (Å²) in [5, 5.41) is 6.41. The van der Waals surface area contributed by atoms with Crippen molar-refractivity contribution in [3.05, 3.63) is 53.3 Å². The molecule has 4 heteroatoms. The Hall–Kier alpha value is -2.07. The van der Waals surface area contributed by atoms with Crippen molar-refractivity contribution < 1.29 is 4.79 Å².